The molecule has 0 heterocycles. The maximum atomic E-state index is 6.33. The van der Waals surface area contributed by atoms with E-state index in [0.29, 0.717) is 17.4 Å². The van der Waals surface area contributed by atoms with Crippen LogP contribution in [0.3, 0.4) is 0 Å². The van der Waals surface area contributed by atoms with Gasteiger partial charge in [-0.1, -0.05) is 34.6 Å². The summed E-state index contributed by atoms with van der Waals surface area (Å²) in [6, 6.07) is 0.419. The summed E-state index contributed by atoms with van der Waals surface area (Å²) in [6.07, 6.45) is 3.88. The fourth-order valence-corrected chi connectivity index (χ4v) is 3.41. The predicted molar refractivity (Wildman–Crippen MR) is 80.6 cm³/mol. The first-order valence-electron chi connectivity index (χ1n) is 7.63. The normalized spacial score (nSPS) is 30.2. The first-order chi connectivity index (χ1) is 8.19. The molecular weight excluding hydrogens is 220 g/mol. The molecule has 0 aromatic heterocycles. The molecule has 1 aliphatic rings. The van der Waals surface area contributed by atoms with Crippen LogP contribution in [-0.2, 0) is 0 Å². The van der Waals surface area contributed by atoms with Crippen molar-refractivity contribution in [1.29, 1.82) is 0 Å². The van der Waals surface area contributed by atoms with Gasteiger partial charge in [0.1, 0.15) is 0 Å². The van der Waals surface area contributed by atoms with E-state index in [9.17, 15) is 0 Å². The van der Waals surface area contributed by atoms with Crippen LogP contribution in [0.2, 0.25) is 0 Å². The second-order valence-electron chi connectivity index (χ2n) is 8.00. The first-order valence-corrected chi connectivity index (χ1v) is 7.63. The van der Waals surface area contributed by atoms with Gasteiger partial charge in [0.15, 0.2) is 0 Å². The van der Waals surface area contributed by atoms with Gasteiger partial charge in [-0.2, -0.15) is 0 Å². The van der Waals surface area contributed by atoms with E-state index in [-0.39, 0.29) is 0 Å². The van der Waals surface area contributed by atoms with Crippen LogP contribution in [0, 0.1) is 23.2 Å². The Kier molecular flexibility index (Phi) is 5.67. The van der Waals surface area contributed by atoms with Crippen LogP contribution in [0.25, 0.3) is 0 Å². The van der Waals surface area contributed by atoms with Crippen LogP contribution in [0.4, 0.5) is 0 Å². The molecule has 0 aliphatic heterocycles. The molecule has 108 valence electrons. The lowest BCUT2D eigenvalue weighted by Crippen LogP contribution is -2.44. The Balaban J connectivity index is 2.48. The van der Waals surface area contributed by atoms with Gasteiger partial charge in [0.25, 0.3) is 0 Å². The number of hydrogen-bond donors (Lipinski definition) is 1. The first kappa shape index (κ1) is 16.0. The predicted octanol–water partition coefficient (Wildman–Crippen LogP) is 3.36. The largest absolute Gasteiger partial charge is 0.327 e. The minimum Gasteiger partial charge on any atom is -0.327 e. The molecule has 0 bridgehead atoms. The fraction of sp³-hybridized carbons (Fsp3) is 1.00. The van der Waals surface area contributed by atoms with Gasteiger partial charge in [-0.3, -0.25) is 0 Å². The maximum absolute atomic E-state index is 6.33. The molecule has 2 N–H and O–H groups in total. The third-order valence-electron chi connectivity index (χ3n) is 4.32. The van der Waals surface area contributed by atoms with E-state index in [1.54, 1.807) is 0 Å². The van der Waals surface area contributed by atoms with E-state index in [0.717, 1.165) is 18.4 Å². The van der Waals surface area contributed by atoms with E-state index < -0.39 is 0 Å². The molecular formula is C16H34N2. The molecule has 2 heteroatoms. The molecule has 3 atom stereocenters. The van der Waals surface area contributed by atoms with Crippen LogP contribution in [-0.4, -0.2) is 31.1 Å². The summed E-state index contributed by atoms with van der Waals surface area (Å²) < 4.78 is 0. The minimum atomic E-state index is 0.380. The molecule has 1 saturated carbocycles. The van der Waals surface area contributed by atoms with Gasteiger partial charge in [-0.25, -0.2) is 0 Å². The van der Waals surface area contributed by atoms with Gasteiger partial charge in [0.2, 0.25) is 0 Å². The molecule has 1 rings (SSSR count). The van der Waals surface area contributed by atoms with Crippen molar-refractivity contribution in [3.8, 4) is 0 Å². The smallest absolute Gasteiger partial charge is 0.00795 e. The molecule has 1 aliphatic carbocycles. The summed E-state index contributed by atoms with van der Waals surface area (Å²) in [7, 11) is 2.25. The summed E-state index contributed by atoms with van der Waals surface area (Å²) in [5.41, 5.74) is 6.71. The highest BCUT2D eigenvalue weighted by Gasteiger charge is 2.30. The quantitative estimate of drug-likeness (QED) is 0.833. The molecule has 3 unspecified atom stereocenters. The zero-order valence-electron chi connectivity index (χ0n) is 13.4. The zero-order valence-corrected chi connectivity index (χ0v) is 13.4. The van der Waals surface area contributed by atoms with Gasteiger partial charge in [-0.05, 0) is 49.5 Å². The molecule has 0 radical (unpaired) electrons. The molecule has 0 amide bonds. The van der Waals surface area contributed by atoms with Crippen LogP contribution in [0.15, 0.2) is 0 Å². The van der Waals surface area contributed by atoms with E-state index in [1.807, 2.05) is 0 Å². The number of rotatable bonds is 4. The van der Waals surface area contributed by atoms with E-state index in [2.05, 4.69) is 46.6 Å². The molecule has 0 aromatic rings. The van der Waals surface area contributed by atoms with Crippen molar-refractivity contribution in [3.63, 3.8) is 0 Å². The summed E-state index contributed by atoms with van der Waals surface area (Å²) in [5, 5.41) is 0. The van der Waals surface area contributed by atoms with Gasteiger partial charge in [0.05, 0.1) is 0 Å². The van der Waals surface area contributed by atoms with Gasteiger partial charge >= 0.3 is 0 Å². The van der Waals surface area contributed by atoms with Crippen LogP contribution < -0.4 is 5.73 Å². The lowest BCUT2D eigenvalue weighted by atomic mass is 9.73. The molecule has 18 heavy (non-hydrogen) atoms. The Morgan fingerprint density at radius 3 is 2.33 bits per heavy atom. The van der Waals surface area contributed by atoms with Crippen LogP contribution >= 0.6 is 0 Å². The summed E-state index contributed by atoms with van der Waals surface area (Å²) >= 11 is 0. The van der Waals surface area contributed by atoms with Crippen molar-refractivity contribution in [2.75, 3.05) is 20.1 Å². The molecule has 0 aromatic carbocycles. The fourth-order valence-electron chi connectivity index (χ4n) is 3.41. The molecule has 0 spiro atoms. The Labute approximate surface area is 114 Å². The lowest BCUT2D eigenvalue weighted by Gasteiger charge is -2.39. The van der Waals surface area contributed by atoms with E-state index in [1.165, 1.54) is 25.8 Å². The average molecular weight is 254 g/mol. The number of hydrogen-bond acceptors (Lipinski definition) is 2. The molecule has 0 saturated heterocycles. The average Bonchev–Trinajstić information content (AvgIpc) is 2.18. The summed E-state index contributed by atoms with van der Waals surface area (Å²) in [6.45, 7) is 14.0. The maximum Gasteiger partial charge on any atom is 0.00795 e. The van der Waals surface area contributed by atoms with Gasteiger partial charge in [-0.15, -0.1) is 0 Å². The van der Waals surface area contributed by atoms with E-state index >= 15 is 0 Å². The Bertz CT molecular complexity index is 242. The van der Waals surface area contributed by atoms with Crippen LogP contribution in [0.1, 0.15) is 53.9 Å². The summed E-state index contributed by atoms with van der Waals surface area (Å²) in [4.78, 5) is 2.48. The van der Waals surface area contributed by atoms with Crippen molar-refractivity contribution in [2.45, 2.75) is 59.9 Å². The SMILES string of the molecule is CC(C)C1CCC(N)C(CN(C)CC(C)(C)C)C1. The molecule has 2 nitrogen and oxygen atoms in total. The van der Waals surface area contributed by atoms with Crippen molar-refractivity contribution < 1.29 is 0 Å². The highest BCUT2D eigenvalue weighted by Crippen LogP contribution is 2.33. The summed E-state index contributed by atoms with van der Waals surface area (Å²) in [5.74, 6) is 2.39. The minimum absolute atomic E-state index is 0.380. The second-order valence-corrected chi connectivity index (χ2v) is 8.00. The Morgan fingerprint density at radius 1 is 1.22 bits per heavy atom. The van der Waals surface area contributed by atoms with Crippen molar-refractivity contribution >= 4 is 0 Å². The third kappa shape index (κ3) is 5.27. The highest BCUT2D eigenvalue weighted by molar-refractivity contribution is 4.85. The third-order valence-corrected chi connectivity index (χ3v) is 4.32. The topological polar surface area (TPSA) is 29.3 Å². The highest BCUT2D eigenvalue weighted by atomic mass is 15.1. The van der Waals surface area contributed by atoms with Gasteiger partial charge in [0, 0.05) is 19.1 Å². The van der Waals surface area contributed by atoms with Gasteiger partial charge < -0.3 is 10.6 Å². The number of nitrogens with two attached hydrogens (primary N) is 1. The van der Waals surface area contributed by atoms with Crippen molar-refractivity contribution in [2.24, 2.45) is 28.9 Å². The molecule has 1 fully saturated rings. The van der Waals surface area contributed by atoms with Crippen molar-refractivity contribution in [3.05, 3.63) is 0 Å². The second kappa shape index (κ2) is 6.38. The number of nitrogens with zero attached hydrogens (tertiary/aromatic N) is 1. The standard InChI is InChI=1S/C16H34N2/c1-12(2)13-7-8-15(17)14(9-13)10-18(6)11-16(3,4)5/h12-15H,7-11,17H2,1-6H3. The Hall–Kier alpha value is -0.0800. The van der Waals surface area contributed by atoms with Crippen molar-refractivity contribution in [1.82, 2.24) is 4.90 Å². The lowest BCUT2D eigenvalue weighted by molar-refractivity contribution is 0.130. The Morgan fingerprint density at radius 2 is 1.83 bits per heavy atom. The zero-order chi connectivity index (χ0) is 13.9. The monoisotopic (exact) mass is 254 g/mol. The van der Waals surface area contributed by atoms with E-state index in [4.69, 9.17) is 5.73 Å². The van der Waals surface area contributed by atoms with Crippen LogP contribution in [0.5, 0.6) is 0 Å².